The number of hydrogen-bond donors (Lipinski definition) is 3. The van der Waals surface area contributed by atoms with Crippen LogP contribution in [0.4, 0.5) is 24.7 Å². The summed E-state index contributed by atoms with van der Waals surface area (Å²) in [7, 11) is 1.94. The van der Waals surface area contributed by atoms with E-state index in [2.05, 4.69) is 31.0 Å². The van der Waals surface area contributed by atoms with Gasteiger partial charge in [-0.05, 0) is 79.6 Å². The average molecular weight is 884 g/mol. The minimum atomic E-state index is -4.85. The molecular formula is C44H44F3N9O8. The zero-order valence-electron chi connectivity index (χ0n) is 34.7. The Labute approximate surface area is 364 Å². The van der Waals surface area contributed by atoms with Gasteiger partial charge in [-0.1, -0.05) is 18.2 Å². The average Bonchev–Trinajstić information content (AvgIpc) is 3.75. The van der Waals surface area contributed by atoms with Crippen molar-refractivity contribution in [2.45, 2.75) is 63.3 Å². The second-order valence-corrected chi connectivity index (χ2v) is 15.6. The Bertz CT molecular complexity index is 2550. The Balaban J connectivity index is 0.733. The van der Waals surface area contributed by atoms with Gasteiger partial charge in [-0.15, -0.1) is 0 Å². The van der Waals surface area contributed by atoms with Crippen LogP contribution in [0.15, 0.2) is 77.7 Å². The van der Waals surface area contributed by atoms with Crippen LogP contribution in [-0.4, -0.2) is 106 Å². The molecule has 0 bridgehead atoms. The summed E-state index contributed by atoms with van der Waals surface area (Å²) in [6.07, 6.45) is 2.51. The highest BCUT2D eigenvalue weighted by Crippen LogP contribution is 2.35. The normalized spacial score (nSPS) is 16.3. The van der Waals surface area contributed by atoms with Crippen LogP contribution in [0.25, 0.3) is 17.1 Å². The van der Waals surface area contributed by atoms with Gasteiger partial charge in [-0.2, -0.15) is 18.3 Å². The highest BCUT2D eigenvalue weighted by Gasteiger charge is 2.44. The number of carbonyl (C=O) groups is 5. The van der Waals surface area contributed by atoms with E-state index in [0.717, 1.165) is 46.0 Å². The number of nitrogens with one attached hydrogen (secondary N) is 3. The molecule has 1 saturated carbocycles. The van der Waals surface area contributed by atoms with Gasteiger partial charge in [0.25, 0.3) is 17.7 Å². The standard InChI is InChI=1S/C44H44F3N9O8/c1-54(29-9-10-29)36-22-28(14-15-49-36)41-51-34(25-64-41)39(58)50-33-24-55(53-38(33)44(45,46)47)30-7-4-27(5-8-30)23-48-16-18-63-20-19-62-17-2-3-26-6-11-31-32(21-26)43(61)56(42(31)60)35-12-13-37(57)52-40(35)59/h4-8,11,14-15,21-22,24-25,29,35,48H,2-3,9-10,12-13,16-20,23H2,1H3,(H,50,58)(H,52,57,59). The number of halogens is 3. The first-order chi connectivity index (χ1) is 30.8. The van der Waals surface area contributed by atoms with Gasteiger partial charge in [0.2, 0.25) is 17.7 Å². The lowest BCUT2D eigenvalue weighted by Gasteiger charge is -2.27. The lowest BCUT2D eigenvalue weighted by Crippen LogP contribution is -2.54. The summed E-state index contributed by atoms with van der Waals surface area (Å²) in [4.78, 5) is 74.4. The first-order valence-electron chi connectivity index (χ1n) is 20.8. The molecule has 1 saturated heterocycles. The van der Waals surface area contributed by atoms with Crippen molar-refractivity contribution in [2.75, 3.05) is 50.2 Å². The van der Waals surface area contributed by atoms with E-state index in [-0.39, 0.29) is 35.6 Å². The van der Waals surface area contributed by atoms with E-state index in [1.54, 1.807) is 60.8 Å². The Morgan fingerprint density at radius 1 is 0.938 bits per heavy atom. The fraction of sp³-hybridized carbons (Fsp3) is 0.364. The molecule has 2 fully saturated rings. The Morgan fingerprint density at radius 2 is 1.69 bits per heavy atom. The number of aryl methyl sites for hydroxylation is 1. The van der Waals surface area contributed by atoms with Crippen LogP contribution in [0.1, 0.15) is 80.1 Å². The Kier molecular flexibility index (Phi) is 13.0. The molecule has 0 spiro atoms. The minimum absolute atomic E-state index is 0.0576. The monoisotopic (exact) mass is 883 g/mol. The van der Waals surface area contributed by atoms with Gasteiger partial charge in [-0.3, -0.25) is 34.2 Å². The van der Waals surface area contributed by atoms with Gasteiger partial charge in [0.1, 0.15) is 18.1 Å². The zero-order valence-corrected chi connectivity index (χ0v) is 34.7. The number of pyridine rings is 1. The maximum absolute atomic E-state index is 14.1. The van der Waals surface area contributed by atoms with Crippen molar-refractivity contribution in [3.63, 3.8) is 0 Å². The molecule has 2 aliphatic heterocycles. The molecule has 3 aliphatic rings. The number of hydrogen-bond acceptors (Lipinski definition) is 13. The first kappa shape index (κ1) is 43.9. The summed E-state index contributed by atoms with van der Waals surface area (Å²) in [5, 5.41) is 11.5. The summed E-state index contributed by atoms with van der Waals surface area (Å²) in [5.41, 5.74) is 1.12. The van der Waals surface area contributed by atoms with E-state index in [4.69, 9.17) is 13.9 Å². The van der Waals surface area contributed by atoms with Crippen molar-refractivity contribution in [3.8, 4) is 17.1 Å². The highest BCUT2D eigenvalue weighted by atomic mass is 19.4. The predicted molar refractivity (Wildman–Crippen MR) is 222 cm³/mol. The van der Waals surface area contributed by atoms with Crippen LogP contribution in [0, 0.1) is 0 Å². The lowest BCUT2D eigenvalue weighted by atomic mass is 10.0. The number of alkyl halides is 3. The van der Waals surface area contributed by atoms with Crippen LogP contribution in [0.2, 0.25) is 0 Å². The maximum Gasteiger partial charge on any atom is 0.437 e. The van der Waals surface area contributed by atoms with Gasteiger partial charge in [0.15, 0.2) is 11.4 Å². The third-order valence-electron chi connectivity index (χ3n) is 11.0. The summed E-state index contributed by atoms with van der Waals surface area (Å²) in [5.74, 6) is -2.21. The highest BCUT2D eigenvalue weighted by molar-refractivity contribution is 6.23. The third-order valence-corrected chi connectivity index (χ3v) is 11.0. The number of fused-ring (bicyclic) bond motifs is 1. The second-order valence-electron chi connectivity index (χ2n) is 15.6. The van der Waals surface area contributed by atoms with Crippen molar-refractivity contribution < 1.29 is 51.0 Å². The molecule has 5 amide bonds. The number of oxazole rings is 1. The Morgan fingerprint density at radius 3 is 2.44 bits per heavy atom. The maximum atomic E-state index is 14.1. The van der Waals surface area contributed by atoms with Crippen molar-refractivity contribution in [1.82, 2.24) is 35.3 Å². The fourth-order valence-corrected chi connectivity index (χ4v) is 7.41. The number of carbonyl (C=O) groups excluding carboxylic acids is 5. The number of ether oxygens (including phenoxy) is 2. The van der Waals surface area contributed by atoms with Crippen molar-refractivity contribution in [3.05, 3.63) is 107 Å². The van der Waals surface area contributed by atoms with Crippen LogP contribution in [0.5, 0.6) is 0 Å². The topological polar surface area (TPSA) is 203 Å². The van der Waals surface area contributed by atoms with E-state index < -0.39 is 53.1 Å². The second kappa shape index (κ2) is 18.9. The van der Waals surface area contributed by atoms with E-state index >= 15 is 0 Å². The Hall–Kier alpha value is -6.77. The number of benzene rings is 2. The minimum Gasteiger partial charge on any atom is -0.444 e. The van der Waals surface area contributed by atoms with E-state index in [0.29, 0.717) is 75.5 Å². The fourth-order valence-electron chi connectivity index (χ4n) is 7.41. The summed E-state index contributed by atoms with van der Waals surface area (Å²) < 4.78 is 60.0. The summed E-state index contributed by atoms with van der Waals surface area (Å²) in [6, 6.07) is 14.7. The third kappa shape index (κ3) is 10.0. The van der Waals surface area contributed by atoms with Crippen molar-refractivity contribution >= 4 is 41.0 Å². The van der Waals surface area contributed by atoms with Crippen LogP contribution in [0.3, 0.4) is 0 Å². The number of amides is 5. The van der Waals surface area contributed by atoms with Crippen LogP contribution in [-0.2, 0) is 38.2 Å². The molecule has 1 aliphatic carbocycles. The van der Waals surface area contributed by atoms with Gasteiger partial charge < -0.3 is 29.4 Å². The first-order valence-corrected chi connectivity index (χ1v) is 20.8. The van der Waals surface area contributed by atoms with Crippen LogP contribution < -0.4 is 20.9 Å². The predicted octanol–water partition coefficient (Wildman–Crippen LogP) is 4.95. The quantitative estimate of drug-likeness (QED) is 0.0744. The van der Waals surface area contributed by atoms with Gasteiger partial charge in [-0.25, -0.2) is 14.6 Å². The van der Waals surface area contributed by atoms with Gasteiger partial charge >= 0.3 is 6.18 Å². The molecular weight excluding hydrogens is 840 g/mol. The van der Waals surface area contributed by atoms with Gasteiger partial charge in [0.05, 0.1) is 48.5 Å². The van der Waals surface area contributed by atoms with E-state index in [1.165, 1.54) is 0 Å². The number of anilines is 2. The molecule has 334 valence electrons. The molecule has 17 nitrogen and oxygen atoms in total. The number of nitrogens with zero attached hydrogens (tertiary/aromatic N) is 6. The van der Waals surface area contributed by atoms with Gasteiger partial charge in [0, 0.05) is 51.0 Å². The molecule has 2 aromatic carbocycles. The zero-order chi connectivity index (χ0) is 45.0. The molecule has 3 N–H and O–H groups in total. The molecule has 1 atom stereocenters. The summed E-state index contributed by atoms with van der Waals surface area (Å²) >= 11 is 0. The van der Waals surface area contributed by atoms with E-state index in [1.807, 2.05) is 11.9 Å². The molecule has 20 heteroatoms. The molecule has 1 unspecified atom stereocenters. The molecule has 5 heterocycles. The number of imide groups is 2. The molecule has 0 radical (unpaired) electrons. The molecule has 5 aromatic rings. The number of rotatable bonds is 19. The summed E-state index contributed by atoms with van der Waals surface area (Å²) in [6.45, 7) is 2.63. The SMILES string of the molecule is CN(c1cc(-c2nc(C(=O)Nc3cn(-c4ccc(CNCCOCCOCCCc5ccc6c(c5)C(=O)N(C5CCC(=O)NC5=O)C6=O)cc4)nc3C(F)(F)F)co2)ccn1)C1CC1. The molecule has 8 rings (SSSR count). The molecule has 64 heavy (non-hydrogen) atoms. The molecule has 3 aromatic heterocycles. The smallest absolute Gasteiger partial charge is 0.437 e. The van der Waals surface area contributed by atoms with E-state index in [9.17, 15) is 37.1 Å². The van der Waals surface area contributed by atoms with Crippen molar-refractivity contribution in [2.24, 2.45) is 0 Å². The number of aromatic nitrogens is 4. The van der Waals surface area contributed by atoms with Crippen molar-refractivity contribution in [1.29, 1.82) is 0 Å². The number of piperidine rings is 1. The lowest BCUT2D eigenvalue weighted by molar-refractivity contribution is -0.140. The largest absolute Gasteiger partial charge is 0.444 e. The van der Waals surface area contributed by atoms with Crippen LogP contribution >= 0.6 is 0 Å².